The van der Waals surface area contributed by atoms with E-state index < -0.39 is 0 Å². The maximum Gasteiger partial charge on any atom is 0.0786 e. The van der Waals surface area contributed by atoms with E-state index in [1.54, 1.807) is 35.3 Å². The average molecular weight is 661 g/mol. The Morgan fingerprint density at radius 3 is 0.833 bits per heavy atom. The quantitative estimate of drug-likeness (QED) is 0.163. The van der Waals surface area contributed by atoms with Gasteiger partial charge in [-0.25, -0.2) is 0 Å². The normalized spacial score (nSPS) is 12.1. The summed E-state index contributed by atoms with van der Waals surface area (Å²) >= 11 is 23.0. The zero-order chi connectivity index (χ0) is 30.5. The molecule has 0 heterocycles. The fraction of sp³-hybridized carbons (Fsp3) is 0.250. The van der Waals surface area contributed by atoms with Crippen LogP contribution in [0.5, 0.6) is 0 Å². The summed E-state index contributed by atoms with van der Waals surface area (Å²) in [4.78, 5) is 0. The molecule has 216 valence electrons. The second kappa shape index (κ2) is 13.9. The Kier molecular flexibility index (Phi) is 10.9. The van der Waals surface area contributed by atoms with Crippen molar-refractivity contribution in [2.45, 2.75) is 55.8 Å². The van der Waals surface area contributed by atoms with Gasteiger partial charge in [0.15, 0.2) is 0 Å². The van der Waals surface area contributed by atoms with E-state index in [1.807, 2.05) is 54.6 Å². The molecule has 42 heavy (non-hydrogen) atoms. The van der Waals surface area contributed by atoms with Crippen molar-refractivity contribution in [3.05, 3.63) is 143 Å². The maximum absolute atomic E-state index is 5.92. The van der Waals surface area contributed by atoms with Crippen molar-refractivity contribution in [3.8, 4) is 0 Å². The summed E-state index contributed by atoms with van der Waals surface area (Å²) in [5, 5.41) is 0. The Morgan fingerprint density at radius 2 is 0.619 bits per heavy atom. The summed E-state index contributed by atoms with van der Waals surface area (Å²) in [5.74, 6) is 0. The second-order valence-corrected chi connectivity index (χ2v) is 18.5. The van der Waals surface area contributed by atoms with E-state index in [0.717, 1.165) is 29.3 Å². The largest absolute Gasteiger partial charge is 0.103 e. The van der Waals surface area contributed by atoms with E-state index in [-0.39, 0.29) is 14.2 Å². The Morgan fingerprint density at radius 1 is 0.405 bits per heavy atom. The van der Waals surface area contributed by atoms with Gasteiger partial charge in [-0.2, -0.15) is 0 Å². The fourth-order valence-corrected chi connectivity index (χ4v) is 9.58. The first kappa shape index (κ1) is 33.1. The number of thioether (sulfide) groups is 3. The molecular formula is C36H36S6. The third kappa shape index (κ3) is 8.43. The van der Waals surface area contributed by atoms with Crippen LogP contribution in [0.25, 0.3) is 0 Å². The summed E-state index contributed by atoms with van der Waals surface area (Å²) in [6.07, 6.45) is 0. The van der Waals surface area contributed by atoms with Gasteiger partial charge >= 0.3 is 0 Å². The van der Waals surface area contributed by atoms with Crippen LogP contribution in [0.3, 0.4) is 0 Å². The highest BCUT2D eigenvalue weighted by Crippen LogP contribution is 2.47. The Balaban J connectivity index is 1.74. The second-order valence-electron chi connectivity index (χ2n) is 11.6. The summed E-state index contributed by atoms with van der Waals surface area (Å²) in [7, 11) is 0. The van der Waals surface area contributed by atoms with Crippen LogP contribution >= 0.6 is 71.9 Å². The van der Waals surface area contributed by atoms with E-state index >= 15 is 0 Å². The molecule has 0 amide bonds. The molecule has 0 N–H and O–H groups in total. The number of hydrogen-bond donors (Lipinski definition) is 0. The van der Waals surface area contributed by atoms with Crippen LogP contribution in [0.4, 0.5) is 0 Å². The summed E-state index contributed by atoms with van der Waals surface area (Å²) in [5.41, 5.74) is 6.94. The first-order chi connectivity index (χ1) is 19.8. The lowest BCUT2D eigenvalue weighted by atomic mass is 9.88. The molecule has 0 spiro atoms. The predicted molar refractivity (Wildman–Crippen MR) is 203 cm³/mol. The number of benzene rings is 4. The molecule has 0 aliphatic rings. The van der Waals surface area contributed by atoms with Crippen LogP contribution in [0.15, 0.2) is 109 Å². The van der Waals surface area contributed by atoms with Crippen molar-refractivity contribution in [3.63, 3.8) is 0 Å². The summed E-state index contributed by atoms with van der Waals surface area (Å²) in [6, 6.07) is 37.9. The van der Waals surface area contributed by atoms with Crippen LogP contribution in [-0.4, -0.2) is 12.6 Å². The molecule has 0 aliphatic carbocycles. The van der Waals surface area contributed by atoms with E-state index in [0.29, 0.717) is 0 Å². The van der Waals surface area contributed by atoms with Crippen molar-refractivity contribution in [2.24, 2.45) is 0 Å². The standard InChI is InChI=1S/C36H36S6/c1-34(2,40-31(37)25-16-10-7-11-17-25)28-22-29(35(3,4)41-32(38)26-18-12-8-13-19-26)24-30(23-28)36(5,6)42-33(39)27-20-14-9-15-21-27/h7-24H,1-6H3. The minimum atomic E-state index is -0.265. The molecule has 4 rings (SSSR count). The predicted octanol–water partition coefficient (Wildman–Crippen LogP) is 11.7. The SMILES string of the molecule is CC(C)(SC(=S)c1ccccc1)c1cc(C(C)(C)SC(=S)c2ccccc2)cc(C(C)(C)SC(=S)c2ccccc2)c1. The van der Waals surface area contributed by atoms with Gasteiger partial charge in [-0.15, -0.1) is 35.3 Å². The topological polar surface area (TPSA) is 0 Å². The van der Waals surface area contributed by atoms with Crippen molar-refractivity contribution in [1.29, 1.82) is 0 Å². The average Bonchev–Trinajstić information content (AvgIpc) is 2.97. The van der Waals surface area contributed by atoms with Crippen LogP contribution in [-0.2, 0) is 14.2 Å². The van der Waals surface area contributed by atoms with Gasteiger partial charge in [0.2, 0.25) is 0 Å². The third-order valence-electron chi connectivity index (χ3n) is 7.09. The van der Waals surface area contributed by atoms with Crippen molar-refractivity contribution in [1.82, 2.24) is 0 Å². The van der Waals surface area contributed by atoms with Gasteiger partial charge in [-0.1, -0.05) is 146 Å². The summed E-state index contributed by atoms with van der Waals surface area (Å²) in [6.45, 7) is 13.6. The number of rotatable bonds is 9. The van der Waals surface area contributed by atoms with Gasteiger partial charge in [0, 0.05) is 14.2 Å². The lowest BCUT2D eigenvalue weighted by Gasteiger charge is -2.33. The lowest BCUT2D eigenvalue weighted by molar-refractivity contribution is 0.731. The Bertz CT molecular complexity index is 1350. The molecule has 0 nitrogen and oxygen atoms in total. The monoisotopic (exact) mass is 660 g/mol. The van der Waals surface area contributed by atoms with Crippen LogP contribution in [0.1, 0.15) is 74.9 Å². The minimum absolute atomic E-state index is 0.265. The van der Waals surface area contributed by atoms with Gasteiger partial charge in [0.05, 0.1) is 12.6 Å². The zero-order valence-corrected chi connectivity index (χ0v) is 29.7. The molecule has 0 saturated carbocycles. The smallest absolute Gasteiger partial charge is 0.0786 e. The molecule has 0 aliphatic heterocycles. The van der Waals surface area contributed by atoms with E-state index in [2.05, 4.69) is 96.1 Å². The molecule has 0 atom stereocenters. The Labute approximate surface area is 280 Å². The molecule has 4 aromatic rings. The molecule has 6 heteroatoms. The van der Waals surface area contributed by atoms with Gasteiger partial charge in [-0.05, 0) is 74.9 Å². The van der Waals surface area contributed by atoms with E-state index in [1.165, 1.54) is 16.7 Å². The molecule has 0 saturated heterocycles. The fourth-order valence-electron chi connectivity index (χ4n) is 4.44. The van der Waals surface area contributed by atoms with E-state index in [9.17, 15) is 0 Å². The highest BCUT2D eigenvalue weighted by Gasteiger charge is 2.33. The van der Waals surface area contributed by atoms with Crippen molar-refractivity contribution < 1.29 is 0 Å². The summed E-state index contributed by atoms with van der Waals surface area (Å²) < 4.78 is 1.89. The highest BCUT2D eigenvalue weighted by atomic mass is 32.2. The van der Waals surface area contributed by atoms with Crippen LogP contribution < -0.4 is 0 Å². The van der Waals surface area contributed by atoms with Crippen LogP contribution in [0.2, 0.25) is 0 Å². The highest BCUT2D eigenvalue weighted by molar-refractivity contribution is 8.25. The third-order valence-corrected chi connectivity index (χ3v) is 12.0. The Hall–Kier alpha value is -1.80. The molecule has 0 unspecified atom stereocenters. The molecular weight excluding hydrogens is 625 g/mol. The maximum atomic E-state index is 5.92. The van der Waals surface area contributed by atoms with Gasteiger partial charge in [0.25, 0.3) is 0 Å². The van der Waals surface area contributed by atoms with Crippen molar-refractivity contribution >= 4 is 84.5 Å². The molecule has 0 radical (unpaired) electrons. The molecule has 0 aromatic heterocycles. The number of thiocarbonyl (C=S) groups is 3. The van der Waals surface area contributed by atoms with Crippen molar-refractivity contribution in [2.75, 3.05) is 0 Å². The molecule has 0 fully saturated rings. The van der Waals surface area contributed by atoms with Crippen LogP contribution in [0, 0.1) is 0 Å². The van der Waals surface area contributed by atoms with Gasteiger partial charge < -0.3 is 0 Å². The molecule has 4 aromatic carbocycles. The zero-order valence-electron chi connectivity index (χ0n) is 24.8. The lowest BCUT2D eigenvalue weighted by Crippen LogP contribution is -2.23. The first-order valence-electron chi connectivity index (χ1n) is 13.8. The van der Waals surface area contributed by atoms with Gasteiger partial charge in [-0.3, -0.25) is 0 Å². The number of hydrogen-bond acceptors (Lipinski definition) is 6. The van der Waals surface area contributed by atoms with E-state index in [4.69, 9.17) is 36.7 Å². The minimum Gasteiger partial charge on any atom is -0.103 e. The first-order valence-corrected chi connectivity index (χ1v) is 17.5. The molecule has 0 bridgehead atoms. The van der Waals surface area contributed by atoms with Gasteiger partial charge in [0.1, 0.15) is 0 Å².